The first kappa shape index (κ1) is 12.7. The Labute approximate surface area is 109 Å². The summed E-state index contributed by atoms with van der Waals surface area (Å²) < 4.78 is 5.24. The number of nitriles is 1. The van der Waals surface area contributed by atoms with Gasteiger partial charge in [0, 0.05) is 19.0 Å². The molecular weight excluding hydrogens is 248 g/mol. The molecule has 0 spiro atoms. The van der Waals surface area contributed by atoms with Crippen molar-refractivity contribution in [1.29, 1.82) is 5.26 Å². The van der Waals surface area contributed by atoms with Crippen molar-refractivity contribution in [3.05, 3.63) is 17.6 Å². The summed E-state index contributed by atoms with van der Waals surface area (Å²) in [4.78, 5) is 9.23. The second-order valence-electron chi connectivity index (χ2n) is 4.55. The van der Waals surface area contributed by atoms with Crippen LogP contribution in [0.5, 0.6) is 0 Å². The molecule has 94 valence electrons. The summed E-state index contributed by atoms with van der Waals surface area (Å²) in [7, 11) is 0. The Hall–Kier alpha value is -1.74. The minimum atomic E-state index is -0.105. The van der Waals surface area contributed by atoms with Gasteiger partial charge in [0.25, 0.3) is 0 Å². The summed E-state index contributed by atoms with van der Waals surface area (Å²) in [6.07, 6.45) is 3.73. The van der Waals surface area contributed by atoms with E-state index in [2.05, 4.69) is 35.0 Å². The summed E-state index contributed by atoms with van der Waals surface area (Å²) in [5, 5.41) is 12.8. The van der Waals surface area contributed by atoms with E-state index in [1.165, 1.54) is 11.3 Å². The molecule has 0 amide bonds. The fraction of sp³-hybridized carbons (Fsp3) is 0.500. The zero-order valence-electron chi connectivity index (χ0n) is 10.4. The van der Waals surface area contributed by atoms with E-state index in [4.69, 9.17) is 9.78 Å². The quantitative estimate of drug-likeness (QED) is 0.827. The van der Waals surface area contributed by atoms with E-state index in [1.54, 1.807) is 11.7 Å². The Morgan fingerprint density at radius 2 is 2.39 bits per heavy atom. The Balaban J connectivity index is 2.14. The minimum absolute atomic E-state index is 0.105. The van der Waals surface area contributed by atoms with Gasteiger partial charge in [0.15, 0.2) is 0 Å². The maximum Gasteiger partial charge on any atom is 0.227 e. The normalized spacial score (nSPS) is 14.1. The van der Waals surface area contributed by atoms with Gasteiger partial charge in [-0.05, 0) is 11.8 Å². The molecule has 2 heterocycles. The van der Waals surface area contributed by atoms with Crippen molar-refractivity contribution in [1.82, 2.24) is 15.1 Å². The van der Waals surface area contributed by atoms with Gasteiger partial charge >= 0.3 is 0 Å². The second kappa shape index (κ2) is 5.27. The molecule has 0 aliphatic carbocycles. The zero-order chi connectivity index (χ0) is 13.0. The van der Waals surface area contributed by atoms with Crippen molar-refractivity contribution in [3.8, 4) is 16.8 Å². The molecule has 5 nitrogen and oxygen atoms in total. The predicted molar refractivity (Wildman–Crippen MR) is 67.7 cm³/mol. The van der Waals surface area contributed by atoms with Crippen LogP contribution < -0.4 is 0 Å². The van der Waals surface area contributed by atoms with Crippen molar-refractivity contribution in [2.24, 2.45) is 5.41 Å². The van der Waals surface area contributed by atoms with E-state index in [0.29, 0.717) is 24.6 Å². The van der Waals surface area contributed by atoms with Crippen molar-refractivity contribution in [2.75, 3.05) is 0 Å². The van der Waals surface area contributed by atoms with Gasteiger partial charge in [0.1, 0.15) is 0 Å². The molecule has 0 saturated carbocycles. The molecule has 2 aromatic rings. The predicted octanol–water partition coefficient (Wildman–Crippen LogP) is 3.07. The lowest BCUT2D eigenvalue weighted by atomic mass is 9.81. The number of hydrogen-bond acceptors (Lipinski definition) is 6. The molecule has 18 heavy (non-hydrogen) atoms. The standard InChI is InChI=1S/C12H14N4OS/c1-3-12(2,4-5-13)6-10-15-11(16-17-10)9-7-14-8-18-9/h7-8H,3-4,6H2,1-2H3. The molecule has 0 radical (unpaired) electrons. The molecule has 2 rings (SSSR count). The molecule has 6 heteroatoms. The molecular formula is C12H14N4OS. The highest BCUT2D eigenvalue weighted by Crippen LogP contribution is 2.30. The van der Waals surface area contributed by atoms with Crippen molar-refractivity contribution in [2.45, 2.75) is 33.1 Å². The van der Waals surface area contributed by atoms with E-state index < -0.39 is 0 Å². The largest absolute Gasteiger partial charge is 0.339 e. The molecule has 2 aromatic heterocycles. The van der Waals surface area contributed by atoms with Gasteiger partial charge in [-0.25, -0.2) is 0 Å². The summed E-state index contributed by atoms with van der Waals surface area (Å²) in [5.41, 5.74) is 1.63. The van der Waals surface area contributed by atoms with Crippen molar-refractivity contribution >= 4 is 11.3 Å². The molecule has 0 aliphatic rings. The SMILES string of the molecule is CCC(C)(CC#N)Cc1nc(-c2cncs2)no1. The van der Waals surface area contributed by atoms with Crippen LogP contribution in [-0.2, 0) is 6.42 Å². The summed E-state index contributed by atoms with van der Waals surface area (Å²) in [6.45, 7) is 4.13. The smallest absolute Gasteiger partial charge is 0.227 e. The highest BCUT2D eigenvalue weighted by Gasteiger charge is 2.25. The van der Waals surface area contributed by atoms with Crippen molar-refractivity contribution in [3.63, 3.8) is 0 Å². The molecule has 1 unspecified atom stereocenters. The zero-order valence-corrected chi connectivity index (χ0v) is 11.2. The Kier molecular flexibility index (Phi) is 3.72. The van der Waals surface area contributed by atoms with Gasteiger partial charge in [-0.2, -0.15) is 10.2 Å². The number of nitrogens with zero attached hydrogens (tertiary/aromatic N) is 4. The van der Waals surface area contributed by atoms with E-state index in [0.717, 1.165) is 11.3 Å². The van der Waals surface area contributed by atoms with E-state index in [1.807, 2.05) is 0 Å². The third kappa shape index (κ3) is 2.74. The minimum Gasteiger partial charge on any atom is -0.339 e. The van der Waals surface area contributed by atoms with Crippen LogP contribution in [0.15, 0.2) is 16.2 Å². The van der Waals surface area contributed by atoms with Gasteiger partial charge in [-0.15, -0.1) is 11.3 Å². The third-order valence-corrected chi connectivity index (χ3v) is 3.83. The summed E-state index contributed by atoms with van der Waals surface area (Å²) in [5.74, 6) is 1.15. The maximum absolute atomic E-state index is 8.84. The topological polar surface area (TPSA) is 75.6 Å². The fourth-order valence-electron chi connectivity index (χ4n) is 1.62. The molecule has 0 N–H and O–H groups in total. The van der Waals surface area contributed by atoms with Crippen LogP contribution in [0.1, 0.15) is 32.6 Å². The van der Waals surface area contributed by atoms with E-state index in [9.17, 15) is 0 Å². The second-order valence-corrected chi connectivity index (χ2v) is 5.44. The molecule has 0 aromatic carbocycles. The van der Waals surface area contributed by atoms with E-state index in [-0.39, 0.29) is 5.41 Å². The average Bonchev–Trinajstić information content (AvgIpc) is 2.99. The van der Waals surface area contributed by atoms with Crippen LogP contribution in [0.25, 0.3) is 10.7 Å². The number of hydrogen-bond donors (Lipinski definition) is 0. The molecule has 0 fully saturated rings. The Morgan fingerprint density at radius 1 is 1.56 bits per heavy atom. The maximum atomic E-state index is 8.84. The lowest BCUT2D eigenvalue weighted by Crippen LogP contribution is -2.18. The van der Waals surface area contributed by atoms with Crippen LogP contribution >= 0.6 is 11.3 Å². The van der Waals surface area contributed by atoms with Crippen LogP contribution in [0, 0.1) is 16.7 Å². The van der Waals surface area contributed by atoms with Gasteiger partial charge in [0.05, 0.1) is 16.5 Å². The number of aromatic nitrogens is 3. The van der Waals surface area contributed by atoms with Gasteiger partial charge in [-0.3, -0.25) is 4.98 Å². The van der Waals surface area contributed by atoms with Gasteiger partial charge < -0.3 is 4.52 Å². The van der Waals surface area contributed by atoms with Crippen molar-refractivity contribution < 1.29 is 4.52 Å². The van der Waals surface area contributed by atoms with Gasteiger partial charge in [0.2, 0.25) is 11.7 Å². The Bertz CT molecular complexity index is 543. The molecule has 0 aliphatic heterocycles. The van der Waals surface area contributed by atoms with Crippen LogP contribution in [0.2, 0.25) is 0 Å². The Morgan fingerprint density at radius 3 is 3.00 bits per heavy atom. The highest BCUT2D eigenvalue weighted by molar-refractivity contribution is 7.13. The lowest BCUT2D eigenvalue weighted by molar-refractivity contribution is 0.266. The average molecular weight is 262 g/mol. The summed E-state index contributed by atoms with van der Waals surface area (Å²) >= 11 is 1.47. The first-order chi connectivity index (χ1) is 8.67. The first-order valence-electron chi connectivity index (χ1n) is 5.75. The van der Waals surface area contributed by atoms with Gasteiger partial charge in [-0.1, -0.05) is 19.0 Å². The molecule has 0 saturated heterocycles. The van der Waals surface area contributed by atoms with Crippen LogP contribution in [0.3, 0.4) is 0 Å². The number of rotatable bonds is 5. The highest BCUT2D eigenvalue weighted by atomic mass is 32.1. The monoisotopic (exact) mass is 262 g/mol. The van der Waals surface area contributed by atoms with Crippen LogP contribution in [-0.4, -0.2) is 15.1 Å². The lowest BCUT2D eigenvalue weighted by Gasteiger charge is -2.22. The third-order valence-electron chi connectivity index (χ3n) is 3.06. The number of thiazole rings is 1. The molecule has 0 bridgehead atoms. The van der Waals surface area contributed by atoms with Crippen LogP contribution in [0.4, 0.5) is 0 Å². The summed E-state index contributed by atoms with van der Waals surface area (Å²) in [6, 6.07) is 2.22. The fourth-order valence-corrected chi connectivity index (χ4v) is 2.17. The first-order valence-corrected chi connectivity index (χ1v) is 6.63. The van der Waals surface area contributed by atoms with E-state index >= 15 is 0 Å². The molecule has 1 atom stereocenters.